The van der Waals surface area contributed by atoms with Crippen molar-refractivity contribution in [3.8, 4) is 5.75 Å². The van der Waals surface area contributed by atoms with Crippen LogP contribution >= 0.6 is 12.2 Å². The highest BCUT2D eigenvalue weighted by atomic mass is 32.1. The predicted octanol–water partition coefficient (Wildman–Crippen LogP) is 2.47. The van der Waals surface area contributed by atoms with E-state index in [-0.39, 0.29) is 11.8 Å². The summed E-state index contributed by atoms with van der Waals surface area (Å²) < 4.78 is 5.42. The number of thiocarbonyl (C=S) groups is 1. The molecule has 1 aliphatic rings. The molecule has 5 heteroatoms. The van der Waals surface area contributed by atoms with Gasteiger partial charge < -0.3 is 15.4 Å². The van der Waals surface area contributed by atoms with Crippen molar-refractivity contribution in [2.24, 2.45) is 5.92 Å². The van der Waals surface area contributed by atoms with Gasteiger partial charge in [0, 0.05) is 17.7 Å². The Kier molecular flexibility index (Phi) is 4.52. The first-order valence-corrected chi connectivity index (χ1v) is 6.55. The van der Waals surface area contributed by atoms with Crippen LogP contribution in [0.1, 0.15) is 12.8 Å². The van der Waals surface area contributed by atoms with Gasteiger partial charge in [-0.1, -0.05) is 18.7 Å². The monoisotopic (exact) mass is 276 g/mol. The van der Waals surface area contributed by atoms with Gasteiger partial charge in [-0.25, -0.2) is 0 Å². The Morgan fingerprint density at radius 1 is 1.53 bits per heavy atom. The van der Waals surface area contributed by atoms with Crippen LogP contribution in [0.3, 0.4) is 0 Å². The fourth-order valence-electron chi connectivity index (χ4n) is 1.54. The molecule has 0 heterocycles. The smallest absolute Gasteiger partial charge is 0.229 e. The van der Waals surface area contributed by atoms with Crippen LogP contribution in [-0.2, 0) is 4.79 Å². The van der Waals surface area contributed by atoms with Gasteiger partial charge >= 0.3 is 0 Å². The third-order valence-corrected chi connectivity index (χ3v) is 2.85. The zero-order chi connectivity index (χ0) is 13.7. The standard InChI is InChI=1S/C14H16N2O2S/c1-2-8-18-12-5-3-4-11(9-12)15-14(19)16-13(17)10-6-7-10/h2-5,9-10H,1,6-8H2,(H2,15,16,17,19). The van der Waals surface area contributed by atoms with E-state index < -0.39 is 0 Å². The highest BCUT2D eigenvalue weighted by molar-refractivity contribution is 7.80. The maximum absolute atomic E-state index is 11.5. The molecule has 1 aromatic carbocycles. The summed E-state index contributed by atoms with van der Waals surface area (Å²) >= 11 is 5.09. The van der Waals surface area contributed by atoms with E-state index in [4.69, 9.17) is 17.0 Å². The molecule has 1 aromatic rings. The van der Waals surface area contributed by atoms with E-state index in [1.165, 1.54) is 0 Å². The van der Waals surface area contributed by atoms with Crippen LogP contribution in [-0.4, -0.2) is 17.6 Å². The van der Waals surface area contributed by atoms with Gasteiger partial charge in [-0.2, -0.15) is 0 Å². The molecule has 0 radical (unpaired) electrons. The van der Waals surface area contributed by atoms with Gasteiger partial charge in [0.15, 0.2) is 5.11 Å². The summed E-state index contributed by atoms with van der Waals surface area (Å²) in [4.78, 5) is 11.5. The lowest BCUT2D eigenvalue weighted by molar-refractivity contribution is -0.120. The first-order chi connectivity index (χ1) is 9.19. The van der Waals surface area contributed by atoms with E-state index in [0.717, 1.165) is 24.3 Å². The lowest BCUT2D eigenvalue weighted by Crippen LogP contribution is -2.35. The molecule has 19 heavy (non-hydrogen) atoms. The number of nitrogens with one attached hydrogen (secondary N) is 2. The van der Waals surface area contributed by atoms with Crippen molar-refractivity contribution >= 4 is 28.9 Å². The van der Waals surface area contributed by atoms with Crippen LogP contribution in [0.4, 0.5) is 5.69 Å². The predicted molar refractivity (Wildman–Crippen MR) is 79.2 cm³/mol. The minimum atomic E-state index is -0.00318. The molecule has 1 amide bonds. The zero-order valence-corrected chi connectivity index (χ0v) is 11.3. The lowest BCUT2D eigenvalue weighted by atomic mass is 10.3. The average Bonchev–Trinajstić information content (AvgIpc) is 3.20. The van der Waals surface area contributed by atoms with Crippen molar-refractivity contribution in [2.75, 3.05) is 11.9 Å². The largest absolute Gasteiger partial charge is 0.489 e. The maximum Gasteiger partial charge on any atom is 0.229 e. The van der Waals surface area contributed by atoms with Crippen LogP contribution in [0.5, 0.6) is 5.75 Å². The van der Waals surface area contributed by atoms with E-state index in [2.05, 4.69) is 17.2 Å². The zero-order valence-electron chi connectivity index (χ0n) is 10.5. The van der Waals surface area contributed by atoms with Crippen LogP contribution in [0.25, 0.3) is 0 Å². The number of carbonyl (C=O) groups is 1. The summed E-state index contributed by atoms with van der Waals surface area (Å²) in [7, 11) is 0. The van der Waals surface area contributed by atoms with E-state index in [9.17, 15) is 4.79 Å². The summed E-state index contributed by atoms with van der Waals surface area (Å²) in [6.07, 6.45) is 3.60. The Hall–Kier alpha value is -1.88. The fraction of sp³-hybridized carbons (Fsp3) is 0.286. The van der Waals surface area contributed by atoms with Crippen LogP contribution in [0.15, 0.2) is 36.9 Å². The third-order valence-electron chi connectivity index (χ3n) is 2.64. The molecule has 0 bridgehead atoms. The normalized spacial score (nSPS) is 13.5. The second-order valence-corrected chi connectivity index (χ2v) is 4.75. The second-order valence-electron chi connectivity index (χ2n) is 4.35. The molecule has 2 N–H and O–H groups in total. The Morgan fingerprint density at radius 2 is 2.32 bits per heavy atom. The van der Waals surface area contributed by atoms with Crippen molar-refractivity contribution in [1.29, 1.82) is 0 Å². The van der Waals surface area contributed by atoms with Gasteiger partial charge in [0.25, 0.3) is 0 Å². The SMILES string of the molecule is C=CCOc1cccc(NC(=S)NC(=O)C2CC2)c1. The van der Waals surface area contributed by atoms with Crippen LogP contribution < -0.4 is 15.4 Å². The lowest BCUT2D eigenvalue weighted by Gasteiger charge is -2.10. The van der Waals surface area contributed by atoms with Crippen molar-refractivity contribution in [2.45, 2.75) is 12.8 Å². The molecule has 1 aliphatic carbocycles. The number of amides is 1. The van der Waals surface area contributed by atoms with Crippen molar-refractivity contribution in [1.82, 2.24) is 5.32 Å². The molecule has 100 valence electrons. The molecule has 0 aliphatic heterocycles. The average molecular weight is 276 g/mol. The number of rotatable bonds is 5. The number of hydrogen-bond acceptors (Lipinski definition) is 3. The highest BCUT2D eigenvalue weighted by Gasteiger charge is 2.29. The molecule has 2 rings (SSSR count). The van der Waals surface area contributed by atoms with Crippen molar-refractivity contribution < 1.29 is 9.53 Å². The Labute approximate surface area is 117 Å². The molecular formula is C14H16N2O2S. The minimum absolute atomic E-state index is 0.00318. The Balaban J connectivity index is 1.88. The molecule has 4 nitrogen and oxygen atoms in total. The summed E-state index contributed by atoms with van der Waals surface area (Å²) in [5, 5.41) is 5.96. The summed E-state index contributed by atoms with van der Waals surface area (Å²) in [5.74, 6) is 0.861. The molecule has 1 saturated carbocycles. The highest BCUT2D eigenvalue weighted by Crippen LogP contribution is 2.28. The second kappa shape index (κ2) is 6.33. The van der Waals surface area contributed by atoms with Gasteiger partial charge in [-0.05, 0) is 37.2 Å². The Bertz CT molecular complexity index is 498. The molecule has 0 saturated heterocycles. The number of benzene rings is 1. The summed E-state index contributed by atoms with van der Waals surface area (Å²) in [6.45, 7) is 4.04. The minimum Gasteiger partial charge on any atom is -0.489 e. The molecule has 0 atom stereocenters. The van der Waals surface area contributed by atoms with Gasteiger partial charge in [0.05, 0.1) is 0 Å². The van der Waals surface area contributed by atoms with Gasteiger partial charge in [-0.15, -0.1) is 0 Å². The molecule has 0 aromatic heterocycles. The van der Waals surface area contributed by atoms with Gasteiger partial charge in [0.2, 0.25) is 5.91 Å². The quantitative estimate of drug-likeness (QED) is 0.641. The molecule has 0 unspecified atom stereocenters. The first kappa shape index (κ1) is 13.5. The first-order valence-electron chi connectivity index (χ1n) is 6.14. The molecule has 1 fully saturated rings. The van der Waals surface area contributed by atoms with Gasteiger partial charge in [-0.3, -0.25) is 4.79 Å². The maximum atomic E-state index is 11.5. The van der Waals surface area contributed by atoms with E-state index in [1.807, 2.05) is 24.3 Å². The Morgan fingerprint density at radius 3 is 3.00 bits per heavy atom. The third kappa shape index (κ3) is 4.37. The fourth-order valence-corrected chi connectivity index (χ4v) is 1.76. The number of carbonyl (C=O) groups excluding carboxylic acids is 1. The topological polar surface area (TPSA) is 50.4 Å². The van der Waals surface area contributed by atoms with Crippen LogP contribution in [0.2, 0.25) is 0 Å². The van der Waals surface area contributed by atoms with Crippen molar-refractivity contribution in [3.63, 3.8) is 0 Å². The summed E-state index contributed by atoms with van der Waals surface area (Å²) in [6, 6.07) is 7.38. The van der Waals surface area contributed by atoms with E-state index in [0.29, 0.717) is 11.7 Å². The number of hydrogen-bond donors (Lipinski definition) is 2. The number of anilines is 1. The molecular weight excluding hydrogens is 260 g/mol. The van der Waals surface area contributed by atoms with E-state index >= 15 is 0 Å². The number of ether oxygens (including phenoxy) is 1. The summed E-state index contributed by atoms with van der Waals surface area (Å²) in [5.41, 5.74) is 0.780. The van der Waals surface area contributed by atoms with Crippen LogP contribution in [0, 0.1) is 5.92 Å². The van der Waals surface area contributed by atoms with Crippen molar-refractivity contribution in [3.05, 3.63) is 36.9 Å². The van der Waals surface area contributed by atoms with E-state index in [1.54, 1.807) is 6.08 Å². The molecule has 0 spiro atoms. The van der Waals surface area contributed by atoms with Gasteiger partial charge in [0.1, 0.15) is 12.4 Å².